The molecule has 2 aromatic heterocycles. The summed E-state index contributed by atoms with van der Waals surface area (Å²) in [6.07, 6.45) is 4.21. The van der Waals surface area contributed by atoms with E-state index >= 15 is 0 Å². The second kappa shape index (κ2) is 9.00. The molecule has 0 unspecified atom stereocenters. The Labute approximate surface area is 185 Å². The van der Waals surface area contributed by atoms with Crippen molar-refractivity contribution in [1.29, 1.82) is 0 Å². The van der Waals surface area contributed by atoms with E-state index in [1.807, 2.05) is 6.07 Å². The Kier molecular flexibility index (Phi) is 6.18. The van der Waals surface area contributed by atoms with Gasteiger partial charge in [-0.25, -0.2) is 9.97 Å². The summed E-state index contributed by atoms with van der Waals surface area (Å²) in [4.78, 5) is 12.5. The predicted molar refractivity (Wildman–Crippen MR) is 126 cm³/mol. The maximum atomic E-state index is 9.70. The van der Waals surface area contributed by atoms with Crippen molar-refractivity contribution in [3.05, 3.63) is 66.5 Å². The third kappa shape index (κ3) is 4.41. The largest absolute Gasteiger partial charge is 0.508 e. The minimum absolute atomic E-state index is 0. The average Bonchev–Trinajstić information content (AvgIpc) is 3.39. The van der Waals surface area contributed by atoms with E-state index in [2.05, 4.69) is 50.5 Å². The Morgan fingerprint density at radius 1 is 1.00 bits per heavy atom. The van der Waals surface area contributed by atoms with Crippen LogP contribution in [0.2, 0.25) is 0 Å². The molecule has 0 aliphatic carbocycles. The fourth-order valence-electron chi connectivity index (χ4n) is 3.78. The fourth-order valence-corrected chi connectivity index (χ4v) is 4.84. The van der Waals surface area contributed by atoms with Gasteiger partial charge >= 0.3 is 0 Å². The average molecular weight is 439 g/mol. The van der Waals surface area contributed by atoms with Crippen LogP contribution in [-0.4, -0.2) is 33.1 Å². The number of phenols is 1. The van der Waals surface area contributed by atoms with Crippen LogP contribution in [0.3, 0.4) is 0 Å². The molecule has 1 saturated heterocycles. The van der Waals surface area contributed by atoms with Gasteiger partial charge in [0.1, 0.15) is 12.1 Å². The van der Waals surface area contributed by atoms with Gasteiger partial charge in [-0.3, -0.25) is 4.90 Å². The Balaban J connectivity index is 0.00000218. The van der Waals surface area contributed by atoms with Crippen molar-refractivity contribution < 1.29 is 5.11 Å². The summed E-state index contributed by atoms with van der Waals surface area (Å²) >= 11 is 1.68. The van der Waals surface area contributed by atoms with Crippen LogP contribution in [0.25, 0.3) is 20.7 Å². The van der Waals surface area contributed by atoms with Crippen LogP contribution in [0.15, 0.2) is 60.9 Å². The van der Waals surface area contributed by atoms with E-state index in [9.17, 15) is 5.11 Å². The lowest BCUT2D eigenvalue weighted by Gasteiger charge is -2.14. The van der Waals surface area contributed by atoms with Gasteiger partial charge in [-0.1, -0.05) is 30.3 Å². The molecule has 0 spiro atoms. The van der Waals surface area contributed by atoms with Gasteiger partial charge in [0.25, 0.3) is 0 Å². The number of hydrogen-bond donors (Lipinski definition) is 2. The van der Waals surface area contributed by atoms with Gasteiger partial charge in [-0.15, -0.1) is 23.7 Å². The smallest absolute Gasteiger partial charge is 0.151 e. The summed E-state index contributed by atoms with van der Waals surface area (Å²) in [5.74, 6) is 0.976. The number of thiophene rings is 1. The van der Waals surface area contributed by atoms with Crippen LogP contribution < -0.4 is 5.32 Å². The van der Waals surface area contributed by atoms with E-state index in [4.69, 9.17) is 0 Å². The quantitative estimate of drug-likeness (QED) is 0.410. The van der Waals surface area contributed by atoms with Crippen LogP contribution in [0.4, 0.5) is 11.5 Å². The molecule has 5 rings (SSSR count). The molecule has 3 heterocycles. The van der Waals surface area contributed by atoms with Crippen LogP contribution >= 0.6 is 23.7 Å². The predicted octanol–water partition coefficient (Wildman–Crippen LogP) is 5.83. The zero-order valence-electron chi connectivity index (χ0n) is 16.4. The zero-order valence-corrected chi connectivity index (χ0v) is 18.0. The first kappa shape index (κ1) is 20.6. The zero-order chi connectivity index (χ0) is 19.6. The second-order valence-electron chi connectivity index (χ2n) is 7.40. The maximum Gasteiger partial charge on any atom is 0.151 e. The molecule has 1 aliphatic rings. The molecule has 2 aromatic carbocycles. The number of hydrogen-bond acceptors (Lipinski definition) is 6. The molecule has 2 N–H and O–H groups in total. The molecule has 0 atom stereocenters. The highest BCUT2D eigenvalue weighted by molar-refractivity contribution is 7.22. The van der Waals surface area contributed by atoms with Crippen LogP contribution in [0.1, 0.15) is 18.4 Å². The highest BCUT2D eigenvalue weighted by Crippen LogP contribution is 2.36. The minimum atomic E-state index is 0. The van der Waals surface area contributed by atoms with Gasteiger partial charge in [-0.2, -0.15) is 0 Å². The summed E-state index contributed by atoms with van der Waals surface area (Å²) in [5.41, 5.74) is 4.28. The van der Waals surface area contributed by atoms with Crippen molar-refractivity contribution >= 4 is 45.5 Å². The Bertz CT molecular complexity index is 1140. The van der Waals surface area contributed by atoms with Crippen LogP contribution in [0, 0.1) is 0 Å². The Morgan fingerprint density at radius 3 is 2.57 bits per heavy atom. The van der Waals surface area contributed by atoms with E-state index in [1.165, 1.54) is 41.9 Å². The lowest BCUT2D eigenvalue weighted by atomic mass is 10.1. The molecular formula is C23H23ClN4OS. The van der Waals surface area contributed by atoms with Crippen molar-refractivity contribution in [2.45, 2.75) is 19.4 Å². The molecule has 5 nitrogen and oxygen atoms in total. The van der Waals surface area contributed by atoms with E-state index in [0.717, 1.165) is 28.3 Å². The summed E-state index contributed by atoms with van der Waals surface area (Å²) in [6.45, 7) is 3.47. The standard InChI is InChI=1S/C23H22N4OS.ClH/c28-19-5-3-4-18(12-19)26-23-22-20(24-15-25-23)13-21(29-22)17-8-6-16(7-9-17)14-27-10-1-2-11-27;/h3-9,12-13,15,28H,1-2,10-11,14H2,(H,24,25,26);1H. The fraction of sp³-hybridized carbons (Fsp3) is 0.217. The highest BCUT2D eigenvalue weighted by Gasteiger charge is 2.13. The summed E-state index contributed by atoms with van der Waals surface area (Å²) in [6, 6.07) is 18.0. The molecule has 0 amide bonds. The number of likely N-dealkylation sites (tertiary alicyclic amines) is 1. The maximum absolute atomic E-state index is 9.70. The topological polar surface area (TPSA) is 61.3 Å². The van der Waals surface area contributed by atoms with Gasteiger partial charge in [0.15, 0.2) is 5.82 Å². The van der Waals surface area contributed by atoms with E-state index in [-0.39, 0.29) is 18.2 Å². The van der Waals surface area contributed by atoms with Crippen LogP contribution in [0.5, 0.6) is 5.75 Å². The number of nitrogens with zero attached hydrogens (tertiary/aromatic N) is 3. The number of benzene rings is 2. The first-order valence-electron chi connectivity index (χ1n) is 9.87. The Morgan fingerprint density at radius 2 is 1.80 bits per heavy atom. The van der Waals surface area contributed by atoms with E-state index < -0.39 is 0 Å². The number of anilines is 2. The highest BCUT2D eigenvalue weighted by atomic mass is 35.5. The Hall–Kier alpha value is -2.67. The molecular weight excluding hydrogens is 416 g/mol. The molecule has 1 aliphatic heterocycles. The van der Waals surface area contributed by atoms with Gasteiger partial charge in [0, 0.05) is 23.2 Å². The monoisotopic (exact) mass is 438 g/mol. The van der Waals surface area contributed by atoms with Gasteiger partial charge in [0.2, 0.25) is 0 Å². The van der Waals surface area contributed by atoms with Crippen molar-refractivity contribution in [3.63, 3.8) is 0 Å². The third-order valence-corrected chi connectivity index (χ3v) is 6.44. The molecule has 0 bridgehead atoms. The van der Waals surface area contributed by atoms with Crippen LogP contribution in [-0.2, 0) is 6.54 Å². The minimum Gasteiger partial charge on any atom is -0.508 e. The molecule has 154 valence electrons. The van der Waals surface area contributed by atoms with Gasteiger partial charge < -0.3 is 10.4 Å². The van der Waals surface area contributed by atoms with E-state index in [1.54, 1.807) is 35.9 Å². The number of nitrogens with one attached hydrogen (secondary N) is 1. The number of fused-ring (bicyclic) bond motifs is 1. The normalized spacial score (nSPS) is 14.0. The number of halogens is 1. The van der Waals surface area contributed by atoms with Crippen molar-refractivity contribution in [1.82, 2.24) is 14.9 Å². The van der Waals surface area contributed by atoms with Crippen molar-refractivity contribution in [2.24, 2.45) is 0 Å². The number of phenolic OH excluding ortho intramolecular Hbond substituents is 1. The molecule has 4 aromatic rings. The molecule has 30 heavy (non-hydrogen) atoms. The van der Waals surface area contributed by atoms with Gasteiger partial charge in [-0.05, 0) is 55.3 Å². The van der Waals surface area contributed by atoms with Crippen molar-refractivity contribution in [3.8, 4) is 16.2 Å². The first-order valence-corrected chi connectivity index (χ1v) is 10.7. The lowest BCUT2D eigenvalue weighted by Crippen LogP contribution is -2.18. The summed E-state index contributed by atoms with van der Waals surface area (Å²) < 4.78 is 1.01. The van der Waals surface area contributed by atoms with Crippen molar-refractivity contribution in [2.75, 3.05) is 18.4 Å². The SMILES string of the molecule is Cl.Oc1cccc(Nc2ncnc3cc(-c4ccc(CN5CCCC5)cc4)sc23)c1. The second-order valence-corrected chi connectivity index (χ2v) is 8.45. The molecule has 0 saturated carbocycles. The molecule has 0 radical (unpaired) electrons. The number of rotatable bonds is 5. The lowest BCUT2D eigenvalue weighted by molar-refractivity contribution is 0.331. The summed E-state index contributed by atoms with van der Waals surface area (Å²) in [5, 5.41) is 13.0. The first-order chi connectivity index (χ1) is 14.2. The van der Waals surface area contributed by atoms with Gasteiger partial charge in [0.05, 0.1) is 10.2 Å². The van der Waals surface area contributed by atoms with E-state index in [0.29, 0.717) is 0 Å². The summed E-state index contributed by atoms with van der Waals surface area (Å²) in [7, 11) is 0. The molecule has 7 heteroatoms. The molecule has 1 fully saturated rings. The third-order valence-electron chi connectivity index (χ3n) is 5.26. The number of aromatic hydroxyl groups is 1. The number of aromatic nitrogens is 2.